The van der Waals surface area contributed by atoms with Gasteiger partial charge in [-0.25, -0.2) is 9.97 Å². The van der Waals surface area contributed by atoms with Crippen molar-refractivity contribution in [1.82, 2.24) is 14.5 Å². The first-order valence-corrected chi connectivity index (χ1v) is 8.34. The number of benzene rings is 1. The van der Waals surface area contributed by atoms with E-state index in [4.69, 9.17) is 4.98 Å². The van der Waals surface area contributed by atoms with Gasteiger partial charge in [-0.05, 0) is 24.0 Å². The maximum Gasteiger partial charge on any atom is 0.140 e. The van der Waals surface area contributed by atoms with Gasteiger partial charge in [-0.1, -0.05) is 56.3 Å². The van der Waals surface area contributed by atoms with Crippen LogP contribution in [0.15, 0.2) is 73.3 Å². The molecule has 1 aliphatic heterocycles. The van der Waals surface area contributed by atoms with Gasteiger partial charge in [0.2, 0.25) is 0 Å². The van der Waals surface area contributed by atoms with Gasteiger partial charge in [-0.15, -0.1) is 0 Å². The van der Waals surface area contributed by atoms with Crippen LogP contribution in [-0.2, 0) is 0 Å². The van der Waals surface area contributed by atoms with Crippen LogP contribution in [0.2, 0.25) is 0 Å². The summed E-state index contributed by atoms with van der Waals surface area (Å²) >= 11 is 0. The SMILES string of the molecule is CC1(C)CCN(c2cccc(-n3ccnc3)n2)C1.c1ccccc1. The first-order valence-electron chi connectivity index (χ1n) is 8.34. The molecule has 0 aliphatic carbocycles. The molecule has 0 spiro atoms. The van der Waals surface area contributed by atoms with Crippen LogP contribution >= 0.6 is 0 Å². The molecule has 4 nitrogen and oxygen atoms in total. The maximum absolute atomic E-state index is 4.71. The molecule has 3 aromatic rings. The van der Waals surface area contributed by atoms with Crippen molar-refractivity contribution in [3.05, 3.63) is 73.3 Å². The Kier molecular flexibility index (Phi) is 4.94. The summed E-state index contributed by atoms with van der Waals surface area (Å²) in [6, 6.07) is 18.2. The van der Waals surface area contributed by atoms with Gasteiger partial charge < -0.3 is 4.90 Å². The summed E-state index contributed by atoms with van der Waals surface area (Å²) in [5.41, 5.74) is 0.396. The van der Waals surface area contributed by atoms with Crippen molar-refractivity contribution in [2.75, 3.05) is 18.0 Å². The molecule has 2 aromatic heterocycles. The van der Waals surface area contributed by atoms with E-state index in [0.717, 1.165) is 24.7 Å². The predicted molar refractivity (Wildman–Crippen MR) is 98.4 cm³/mol. The van der Waals surface area contributed by atoms with Crippen molar-refractivity contribution >= 4 is 5.82 Å². The number of aromatic nitrogens is 3. The Labute approximate surface area is 143 Å². The van der Waals surface area contributed by atoms with E-state index in [1.54, 1.807) is 12.5 Å². The highest BCUT2D eigenvalue weighted by Gasteiger charge is 2.29. The Balaban J connectivity index is 0.000000238. The average Bonchev–Trinajstić information content (AvgIpc) is 3.27. The summed E-state index contributed by atoms with van der Waals surface area (Å²) < 4.78 is 1.94. The average molecular weight is 320 g/mol. The molecule has 0 atom stereocenters. The third-order valence-corrected chi connectivity index (χ3v) is 4.16. The predicted octanol–water partition coefficient (Wildman–Crippen LogP) is 4.19. The Morgan fingerprint density at radius 1 is 0.917 bits per heavy atom. The second-order valence-electron chi connectivity index (χ2n) is 6.81. The summed E-state index contributed by atoms with van der Waals surface area (Å²) in [6.45, 7) is 6.79. The Hall–Kier alpha value is -2.62. The van der Waals surface area contributed by atoms with E-state index < -0.39 is 0 Å². The largest absolute Gasteiger partial charge is 0.356 e. The quantitative estimate of drug-likeness (QED) is 0.710. The molecule has 1 fully saturated rings. The molecule has 4 rings (SSSR count). The van der Waals surface area contributed by atoms with Crippen LogP contribution in [0.3, 0.4) is 0 Å². The number of pyridine rings is 1. The van der Waals surface area contributed by atoms with Gasteiger partial charge in [-0.3, -0.25) is 4.57 Å². The molecular formula is C20H24N4. The van der Waals surface area contributed by atoms with Crippen LogP contribution < -0.4 is 4.90 Å². The molecule has 3 heterocycles. The number of hydrogen-bond donors (Lipinski definition) is 0. The smallest absolute Gasteiger partial charge is 0.140 e. The van der Waals surface area contributed by atoms with E-state index in [9.17, 15) is 0 Å². The van der Waals surface area contributed by atoms with E-state index in [1.165, 1.54) is 6.42 Å². The van der Waals surface area contributed by atoms with Gasteiger partial charge in [0.05, 0.1) is 0 Å². The van der Waals surface area contributed by atoms with E-state index >= 15 is 0 Å². The van der Waals surface area contributed by atoms with Crippen LogP contribution in [-0.4, -0.2) is 27.6 Å². The lowest BCUT2D eigenvalue weighted by molar-refractivity contribution is 0.418. The molecule has 0 saturated carbocycles. The fraction of sp³-hybridized carbons (Fsp3) is 0.300. The molecule has 0 N–H and O–H groups in total. The minimum Gasteiger partial charge on any atom is -0.356 e. The third kappa shape index (κ3) is 4.22. The fourth-order valence-electron chi connectivity index (χ4n) is 2.82. The zero-order valence-corrected chi connectivity index (χ0v) is 14.3. The van der Waals surface area contributed by atoms with Crippen molar-refractivity contribution in [3.8, 4) is 5.82 Å². The lowest BCUT2D eigenvalue weighted by Gasteiger charge is -2.21. The summed E-state index contributed by atoms with van der Waals surface area (Å²) in [6.07, 6.45) is 6.69. The summed E-state index contributed by atoms with van der Waals surface area (Å²) in [5, 5.41) is 0. The van der Waals surface area contributed by atoms with Crippen LogP contribution in [0, 0.1) is 5.41 Å². The highest BCUT2D eigenvalue weighted by molar-refractivity contribution is 5.44. The first kappa shape index (κ1) is 16.2. The zero-order chi connectivity index (χ0) is 16.8. The molecule has 24 heavy (non-hydrogen) atoms. The normalized spacial score (nSPS) is 15.7. The fourth-order valence-corrected chi connectivity index (χ4v) is 2.82. The Morgan fingerprint density at radius 2 is 1.58 bits per heavy atom. The number of imidazole rings is 1. The molecule has 1 saturated heterocycles. The van der Waals surface area contributed by atoms with Crippen molar-refractivity contribution < 1.29 is 0 Å². The van der Waals surface area contributed by atoms with Crippen molar-refractivity contribution in [2.45, 2.75) is 20.3 Å². The lowest BCUT2D eigenvalue weighted by Crippen LogP contribution is -2.23. The van der Waals surface area contributed by atoms with Crippen LogP contribution in [0.1, 0.15) is 20.3 Å². The molecule has 124 valence electrons. The molecule has 4 heteroatoms. The number of rotatable bonds is 2. The van der Waals surface area contributed by atoms with Gasteiger partial charge in [0.1, 0.15) is 18.0 Å². The highest BCUT2D eigenvalue weighted by atomic mass is 15.2. The van der Waals surface area contributed by atoms with E-state index in [2.05, 4.69) is 35.9 Å². The van der Waals surface area contributed by atoms with Crippen molar-refractivity contribution in [2.24, 2.45) is 5.41 Å². The maximum atomic E-state index is 4.71. The van der Waals surface area contributed by atoms with E-state index in [1.807, 2.05) is 53.2 Å². The molecule has 0 amide bonds. The van der Waals surface area contributed by atoms with Gasteiger partial charge in [0.15, 0.2) is 0 Å². The third-order valence-electron chi connectivity index (χ3n) is 4.16. The minimum absolute atomic E-state index is 0.396. The first-order chi connectivity index (χ1) is 11.6. The Morgan fingerprint density at radius 3 is 2.12 bits per heavy atom. The highest BCUT2D eigenvalue weighted by Crippen LogP contribution is 2.31. The summed E-state index contributed by atoms with van der Waals surface area (Å²) in [7, 11) is 0. The Bertz CT molecular complexity index is 709. The lowest BCUT2D eigenvalue weighted by atomic mass is 9.93. The van der Waals surface area contributed by atoms with E-state index in [-0.39, 0.29) is 0 Å². The second kappa shape index (κ2) is 7.30. The molecule has 0 bridgehead atoms. The molecular weight excluding hydrogens is 296 g/mol. The minimum atomic E-state index is 0.396. The molecule has 1 aromatic carbocycles. The van der Waals surface area contributed by atoms with Crippen LogP contribution in [0.25, 0.3) is 5.82 Å². The van der Waals surface area contributed by atoms with Crippen LogP contribution in [0.5, 0.6) is 0 Å². The van der Waals surface area contributed by atoms with Gasteiger partial charge in [0.25, 0.3) is 0 Å². The number of hydrogen-bond acceptors (Lipinski definition) is 3. The second-order valence-corrected chi connectivity index (χ2v) is 6.81. The van der Waals surface area contributed by atoms with Crippen molar-refractivity contribution in [1.29, 1.82) is 0 Å². The van der Waals surface area contributed by atoms with E-state index in [0.29, 0.717) is 5.41 Å². The van der Waals surface area contributed by atoms with Gasteiger partial charge >= 0.3 is 0 Å². The number of anilines is 1. The van der Waals surface area contributed by atoms with Gasteiger partial charge in [0, 0.05) is 25.5 Å². The molecule has 0 radical (unpaired) electrons. The molecule has 1 aliphatic rings. The number of nitrogens with zero attached hydrogens (tertiary/aromatic N) is 4. The summed E-state index contributed by atoms with van der Waals surface area (Å²) in [4.78, 5) is 11.1. The molecule has 0 unspecified atom stereocenters. The zero-order valence-electron chi connectivity index (χ0n) is 14.3. The monoisotopic (exact) mass is 320 g/mol. The topological polar surface area (TPSA) is 34.0 Å². The summed E-state index contributed by atoms with van der Waals surface area (Å²) in [5.74, 6) is 1.99. The van der Waals surface area contributed by atoms with Crippen LogP contribution in [0.4, 0.5) is 5.82 Å². The standard InChI is InChI=1S/C14H18N4.C6H6/c1-14(2)6-8-17(10-14)12-4-3-5-13(16-12)18-9-7-15-11-18;1-2-4-6-5-3-1/h3-5,7,9,11H,6,8,10H2,1-2H3;1-6H. The van der Waals surface area contributed by atoms with Gasteiger partial charge in [-0.2, -0.15) is 0 Å². The van der Waals surface area contributed by atoms with Crippen molar-refractivity contribution in [3.63, 3.8) is 0 Å².